The molecule has 0 amide bonds. The molecule has 126 valence electrons. The Morgan fingerprint density at radius 3 is 2.23 bits per heavy atom. The first-order valence-corrected chi connectivity index (χ1v) is 9.51. The third kappa shape index (κ3) is 2.34. The van der Waals surface area contributed by atoms with Gasteiger partial charge < -0.3 is 0 Å². The largest absolute Gasteiger partial charge is 0.281 e. The lowest BCUT2D eigenvalue weighted by atomic mass is 9.68. The van der Waals surface area contributed by atoms with Gasteiger partial charge in [0.25, 0.3) is 0 Å². The zero-order valence-electron chi connectivity index (χ0n) is 14.1. The second-order valence-electron chi connectivity index (χ2n) is 6.54. The summed E-state index contributed by atoms with van der Waals surface area (Å²) in [5, 5.41) is 7.87. The van der Waals surface area contributed by atoms with Crippen LogP contribution >= 0.6 is 11.3 Å². The lowest BCUT2D eigenvalue weighted by Crippen LogP contribution is -2.30. The summed E-state index contributed by atoms with van der Waals surface area (Å²) in [4.78, 5) is 5.29. The average Bonchev–Trinajstić information content (AvgIpc) is 3.38. The van der Waals surface area contributed by atoms with Crippen LogP contribution in [-0.4, -0.2) is 15.2 Å². The summed E-state index contributed by atoms with van der Waals surface area (Å²) in [6.07, 6.45) is 7.29. The number of aromatic nitrogens is 3. The molecule has 2 aromatic carbocycles. The van der Waals surface area contributed by atoms with Crippen molar-refractivity contribution in [3.8, 4) is 10.6 Å². The number of nitrogens with zero attached hydrogens (tertiary/aromatic N) is 2. The van der Waals surface area contributed by atoms with Crippen molar-refractivity contribution in [2.45, 2.75) is 11.8 Å². The highest BCUT2D eigenvalue weighted by Gasteiger charge is 2.36. The van der Waals surface area contributed by atoms with Crippen LogP contribution in [0.3, 0.4) is 0 Å². The summed E-state index contributed by atoms with van der Waals surface area (Å²) >= 11 is 1.62. The van der Waals surface area contributed by atoms with E-state index in [0.717, 1.165) is 17.0 Å². The first kappa shape index (κ1) is 15.3. The molecule has 4 aromatic rings. The predicted molar refractivity (Wildman–Crippen MR) is 106 cm³/mol. The maximum absolute atomic E-state index is 4.59. The molecule has 0 radical (unpaired) electrons. The molecule has 0 atom stereocenters. The van der Waals surface area contributed by atoms with Gasteiger partial charge in [-0.3, -0.25) is 10.1 Å². The summed E-state index contributed by atoms with van der Waals surface area (Å²) < 4.78 is 0. The zero-order chi connectivity index (χ0) is 17.4. The van der Waals surface area contributed by atoms with Crippen molar-refractivity contribution < 1.29 is 0 Å². The molecule has 26 heavy (non-hydrogen) atoms. The monoisotopic (exact) mass is 355 g/mol. The van der Waals surface area contributed by atoms with Gasteiger partial charge in [0.2, 0.25) is 0 Å². The Hall–Kier alpha value is -2.98. The molecule has 1 N–H and O–H groups in total. The smallest absolute Gasteiger partial charge is 0.111 e. The summed E-state index contributed by atoms with van der Waals surface area (Å²) in [5.41, 5.74) is 7.59. The number of nitrogens with one attached hydrogen (secondary N) is 1. The molecule has 2 heterocycles. The first-order valence-electron chi connectivity index (χ1n) is 8.63. The number of fused-ring (bicyclic) bond motifs is 1. The van der Waals surface area contributed by atoms with E-state index in [1.807, 2.05) is 11.7 Å². The van der Waals surface area contributed by atoms with Crippen molar-refractivity contribution in [3.63, 3.8) is 0 Å². The van der Waals surface area contributed by atoms with E-state index in [1.54, 1.807) is 11.3 Å². The fourth-order valence-electron chi connectivity index (χ4n) is 3.82. The molecule has 0 saturated carbocycles. The Bertz CT molecular complexity index is 1010. The van der Waals surface area contributed by atoms with E-state index < -0.39 is 0 Å². The van der Waals surface area contributed by atoms with Gasteiger partial charge in [-0.1, -0.05) is 72.8 Å². The standard InChI is InChI=1S/C22H17N3S/c1-3-7-16(8-4-1)22(17-9-5-2-6-10-17)12-11-18-19(13-22)24-25-21(18)20-14-23-15-26-20/h1-12,14-15H,13H2,(H,24,25). The average molecular weight is 355 g/mol. The zero-order valence-corrected chi connectivity index (χ0v) is 14.9. The molecule has 2 aromatic heterocycles. The number of aromatic amines is 1. The Balaban J connectivity index is 1.67. The molecule has 0 fully saturated rings. The van der Waals surface area contributed by atoms with Gasteiger partial charge in [0.1, 0.15) is 5.69 Å². The number of hydrogen-bond donors (Lipinski definition) is 1. The van der Waals surface area contributed by atoms with Crippen molar-refractivity contribution >= 4 is 17.4 Å². The summed E-state index contributed by atoms with van der Waals surface area (Å²) in [6, 6.07) is 21.4. The lowest BCUT2D eigenvalue weighted by Gasteiger charge is -2.34. The normalized spacial score (nSPS) is 14.9. The van der Waals surface area contributed by atoms with E-state index in [-0.39, 0.29) is 5.41 Å². The Morgan fingerprint density at radius 2 is 1.62 bits per heavy atom. The Labute approximate surface area is 156 Å². The third-order valence-electron chi connectivity index (χ3n) is 5.12. The molecule has 0 unspecified atom stereocenters. The van der Waals surface area contributed by atoms with E-state index in [1.165, 1.54) is 22.4 Å². The van der Waals surface area contributed by atoms with Crippen LogP contribution < -0.4 is 0 Å². The van der Waals surface area contributed by atoms with Crippen molar-refractivity contribution in [2.24, 2.45) is 0 Å². The number of rotatable bonds is 3. The molecule has 0 bridgehead atoms. The van der Waals surface area contributed by atoms with Crippen LogP contribution in [0.15, 0.2) is 78.4 Å². The second-order valence-corrected chi connectivity index (χ2v) is 7.43. The van der Waals surface area contributed by atoms with Crippen LogP contribution in [0.5, 0.6) is 0 Å². The Morgan fingerprint density at radius 1 is 0.923 bits per heavy atom. The maximum atomic E-state index is 4.59. The SMILES string of the molecule is C1=CC(c2ccccc2)(c2ccccc2)Cc2[nH]nc(-c3cncs3)c21. The molecule has 1 aliphatic carbocycles. The van der Waals surface area contributed by atoms with Crippen LogP contribution in [0.25, 0.3) is 16.6 Å². The molecule has 0 saturated heterocycles. The van der Waals surface area contributed by atoms with Crippen LogP contribution in [0.2, 0.25) is 0 Å². The molecule has 0 aliphatic heterocycles. The minimum absolute atomic E-state index is 0.187. The molecular weight excluding hydrogens is 338 g/mol. The van der Waals surface area contributed by atoms with E-state index in [4.69, 9.17) is 0 Å². The van der Waals surface area contributed by atoms with E-state index in [0.29, 0.717) is 0 Å². The van der Waals surface area contributed by atoms with Gasteiger partial charge >= 0.3 is 0 Å². The minimum atomic E-state index is -0.187. The van der Waals surface area contributed by atoms with Crippen LogP contribution in [0, 0.1) is 0 Å². The number of H-pyrrole nitrogens is 1. The second kappa shape index (κ2) is 6.07. The highest BCUT2D eigenvalue weighted by Crippen LogP contribution is 2.43. The third-order valence-corrected chi connectivity index (χ3v) is 5.90. The first-order chi connectivity index (χ1) is 12.9. The van der Waals surface area contributed by atoms with Gasteiger partial charge in [0, 0.05) is 29.3 Å². The van der Waals surface area contributed by atoms with E-state index in [2.05, 4.69) is 88.0 Å². The fraction of sp³-hybridized carbons (Fsp3) is 0.0909. The number of hydrogen-bond acceptors (Lipinski definition) is 3. The lowest BCUT2D eigenvalue weighted by molar-refractivity contribution is 0.620. The molecule has 0 spiro atoms. The van der Waals surface area contributed by atoms with Gasteiger partial charge in [-0.15, -0.1) is 11.3 Å². The van der Waals surface area contributed by atoms with E-state index >= 15 is 0 Å². The summed E-state index contributed by atoms with van der Waals surface area (Å²) in [5.74, 6) is 0. The summed E-state index contributed by atoms with van der Waals surface area (Å²) in [7, 11) is 0. The summed E-state index contributed by atoms with van der Waals surface area (Å²) in [6.45, 7) is 0. The number of benzene rings is 2. The molecule has 5 rings (SSSR count). The quantitative estimate of drug-likeness (QED) is 0.556. The number of allylic oxidation sites excluding steroid dienone is 1. The molecule has 1 aliphatic rings. The fourth-order valence-corrected chi connectivity index (χ4v) is 4.44. The van der Waals surface area contributed by atoms with Gasteiger partial charge in [0.05, 0.1) is 10.4 Å². The predicted octanol–water partition coefficient (Wildman–Crippen LogP) is 5.09. The number of thiazole rings is 1. The molecule has 4 heteroatoms. The van der Waals surface area contributed by atoms with Crippen LogP contribution in [-0.2, 0) is 11.8 Å². The van der Waals surface area contributed by atoms with Crippen molar-refractivity contribution in [1.82, 2.24) is 15.2 Å². The van der Waals surface area contributed by atoms with Gasteiger partial charge in [-0.2, -0.15) is 5.10 Å². The highest BCUT2D eigenvalue weighted by molar-refractivity contribution is 7.13. The van der Waals surface area contributed by atoms with Crippen molar-refractivity contribution in [1.29, 1.82) is 0 Å². The van der Waals surface area contributed by atoms with Crippen LogP contribution in [0.4, 0.5) is 0 Å². The minimum Gasteiger partial charge on any atom is -0.281 e. The van der Waals surface area contributed by atoms with Gasteiger partial charge in [-0.05, 0) is 11.1 Å². The van der Waals surface area contributed by atoms with Crippen LogP contribution in [0.1, 0.15) is 22.4 Å². The van der Waals surface area contributed by atoms with E-state index in [9.17, 15) is 0 Å². The Kier molecular flexibility index (Phi) is 3.57. The highest BCUT2D eigenvalue weighted by atomic mass is 32.1. The molecule has 3 nitrogen and oxygen atoms in total. The van der Waals surface area contributed by atoms with Gasteiger partial charge in [0.15, 0.2) is 0 Å². The maximum Gasteiger partial charge on any atom is 0.111 e. The topological polar surface area (TPSA) is 41.6 Å². The van der Waals surface area contributed by atoms with Crippen molar-refractivity contribution in [2.75, 3.05) is 0 Å². The van der Waals surface area contributed by atoms with Gasteiger partial charge in [-0.25, -0.2) is 0 Å². The van der Waals surface area contributed by atoms with Crippen molar-refractivity contribution in [3.05, 3.63) is 101 Å². The molecular formula is C22H17N3S.